The van der Waals surface area contributed by atoms with Crippen molar-refractivity contribution < 1.29 is 17.1 Å². The molecule has 0 saturated carbocycles. The van der Waals surface area contributed by atoms with Gasteiger partial charge in [-0.3, -0.25) is 0 Å². The van der Waals surface area contributed by atoms with Crippen LogP contribution < -0.4 is 47.7 Å². The van der Waals surface area contributed by atoms with Crippen molar-refractivity contribution in [2.75, 3.05) is 0 Å². The van der Waals surface area contributed by atoms with E-state index in [1.54, 1.807) is 0 Å². The Morgan fingerprint density at radius 3 is 0.310 bits per heavy atom. The molecule has 0 atom stereocenters. The van der Waals surface area contributed by atoms with Gasteiger partial charge in [0.15, 0.2) is 0 Å². The predicted octanol–water partition coefficient (Wildman–Crippen LogP) is 10.3. The van der Waals surface area contributed by atoms with Crippen molar-refractivity contribution in [3.05, 3.63) is 273 Å². The van der Waals surface area contributed by atoms with Crippen molar-refractivity contribution in [1.29, 1.82) is 0 Å². The zero-order valence-corrected chi connectivity index (χ0v) is 35.7. The number of rotatable bonds is 9. The summed E-state index contributed by atoms with van der Waals surface area (Å²) in [6, 6.07) is 97.0. The molecule has 0 heterocycles. The van der Waals surface area contributed by atoms with Crippen LogP contribution in [0.4, 0.5) is 0 Å². The van der Waals surface area contributed by atoms with Gasteiger partial charge < -0.3 is 0 Å². The van der Waals surface area contributed by atoms with Gasteiger partial charge in [-0.05, 0) is 71.5 Å². The van der Waals surface area contributed by atoms with Crippen LogP contribution in [0.1, 0.15) is 0 Å². The van der Waals surface area contributed by atoms with Crippen molar-refractivity contribution in [3.63, 3.8) is 0 Å². The fourth-order valence-electron chi connectivity index (χ4n) is 6.54. The Hall–Kier alpha value is -5.21. The van der Waals surface area contributed by atoms with Gasteiger partial charge in [0.2, 0.25) is 0 Å². The van der Waals surface area contributed by atoms with Gasteiger partial charge in [-0.15, -0.1) is 0 Å². The first-order valence-electron chi connectivity index (χ1n) is 19.2. The van der Waals surface area contributed by atoms with E-state index < -0.39 is 23.8 Å². The molecule has 0 bridgehead atoms. The standard InChI is InChI=1S/3C18H15P.Cu/c3*1-4-10-16(11-5-1)19(17-12-6-2-7-13-17)18-14-8-3-9-15-18;/h3*1-15H;. The minimum absolute atomic E-state index is 0. The molecule has 4 heteroatoms. The summed E-state index contributed by atoms with van der Waals surface area (Å²) in [5.41, 5.74) is 0. The Balaban J connectivity index is 0.000000145. The second-order valence-corrected chi connectivity index (χ2v) is 19.7. The van der Waals surface area contributed by atoms with Crippen LogP contribution in [0.3, 0.4) is 0 Å². The molecule has 0 aromatic heterocycles. The van der Waals surface area contributed by atoms with Gasteiger partial charge in [-0.25, -0.2) is 0 Å². The molecule has 9 aromatic carbocycles. The van der Waals surface area contributed by atoms with Crippen molar-refractivity contribution in [2.45, 2.75) is 0 Å². The Kier molecular flexibility index (Phi) is 17.0. The van der Waals surface area contributed by atoms with Crippen LogP contribution in [0, 0.1) is 0 Å². The zero-order valence-electron chi connectivity index (χ0n) is 32.1. The minimum Gasteiger partial charge on any atom is -0.0622 e. The Morgan fingerprint density at radius 1 is 0.138 bits per heavy atom. The molecule has 0 amide bonds. The molecule has 0 spiro atoms. The third-order valence-electron chi connectivity index (χ3n) is 9.13. The minimum atomic E-state index is -0.446. The maximum atomic E-state index is 2.23. The Bertz CT molecular complexity index is 1860. The average molecular weight is 850 g/mol. The third kappa shape index (κ3) is 11.9. The molecule has 287 valence electrons. The van der Waals surface area contributed by atoms with Gasteiger partial charge in [0.25, 0.3) is 0 Å². The Morgan fingerprint density at radius 2 is 0.224 bits per heavy atom. The maximum Gasteiger partial charge on any atom is 0 e. The van der Waals surface area contributed by atoms with E-state index in [-0.39, 0.29) is 17.1 Å². The number of hydrogen-bond donors (Lipinski definition) is 0. The largest absolute Gasteiger partial charge is 0.0622 e. The van der Waals surface area contributed by atoms with E-state index in [1.165, 1.54) is 47.7 Å². The number of hydrogen-bond acceptors (Lipinski definition) is 0. The molecule has 58 heavy (non-hydrogen) atoms. The summed E-state index contributed by atoms with van der Waals surface area (Å²) in [6.07, 6.45) is 0. The van der Waals surface area contributed by atoms with Crippen LogP contribution >= 0.6 is 23.8 Å². The van der Waals surface area contributed by atoms with Crippen LogP contribution in [-0.2, 0) is 17.1 Å². The van der Waals surface area contributed by atoms with Crippen LogP contribution in [0.5, 0.6) is 0 Å². The molecular weight excluding hydrogens is 805 g/mol. The van der Waals surface area contributed by atoms with E-state index in [0.29, 0.717) is 0 Å². The summed E-state index contributed by atoms with van der Waals surface area (Å²) < 4.78 is 0. The number of benzene rings is 9. The fourth-order valence-corrected chi connectivity index (χ4v) is 13.5. The topological polar surface area (TPSA) is 0 Å². The average Bonchev–Trinajstić information content (AvgIpc) is 3.30. The van der Waals surface area contributed by atoms with Crippen molar-refractivity contribution >= 4 is 71.5 Å². The van der Waals surface area contributed by atoms with Gasteiger partial charge in [0, 0.05) is 17.1 Å². The fraction of sp³-hybridized carbons (Fsp3) is 0. The van der Waals surface area contributed by atoms with Crippen molar-refractivity contribution in [1.82, 2.24) is 0 Å². The van der Waals surface area contributed by atoms with Crippen LogP contribution in [0.15, 0.2) is 273 Å². The SMILES string of the molecule is [Cu].c1ccc(P(c2ccccc2)c2ccccc2)cc1.c1ccc(P(c2ccccc2)c2ccccc2)cc1.c1ccc(P(c2ccccc2)c2ccccc2)cc1. The summed E-state index contributed by atoms with van der Waals surface area (Å²) >= 11 is 0. The van der Waals surface area contributed by atoms with E-state index in [4.69, 9.17) is 0 Å². The molecule has 9 rings (SSSR count). The molecule has 0 saturated heterocycles. The second-order valence-electron chi connectivity index (χ2n) is 13.0. The second kappa shape index (κ2) is 23.3. The molecule has 0 nitrogen and oxygen atoms in total. The van der Waals surface area contributed by atoms with Crippen LogP contribution in [0.25, 0.3) is 0 Å². The van der Waals surface area contributed by atoms with Gasteiger partial charge in [-0.1, -0.05) is 273 Å². The smallest absolute Gasteiger partial charge is 0 e. The maximum absolute atomic E-state index is 2.23. The monoisotopic (exact) mass is 849 g/mol. The van der Waals surface area contributed by atoms with Crippen LogP contribution in [-0.4, -0.2) is 0 Å². The summed E-state index contributed by atoms with van der Waals surface area (Å²) in [6.45, 7) is 0. The summed E-state index contributed by atoms with van der Waals surface area (Å²) in [7, 11) is -1.34. The summed E-state index contributed by atoms with van der Waals surface area (Å²) in [4.78, 5) is 0. The normalized spacial score (nSPS) is 10.4. The van der Waals surface area contributed by atoms with E-state index in [2.05, 4.69) is 273 Å². The Labute approximate surface area is 359 Å². The summed E-state index contributed by atoms with van der Waals surface area (Å²) in [5, 5.41) is 12.6. The van der Waals surface area contributed by atoms with Crippen LogP contribution in [0.2, 0.25) is 0 Å². The third-order valence-corrected chi connectivity index (χ3v) is 16.5. The molecule has 0 fully saturated rings. The first-order chi connectivity index (χ1) is 28.3. The molecule has 0 aliphatic carbocycles. The van der Waals surface area contributed by atoms with Gasteiger partial charge in [0.1, 0.15) is 0 Å². The van der Waals surface area contributed by atoms with Crippen molar-refractivity contribution in [2.24, 2.45) is 0 Å². The van der Waals surface area contributed by atoms with Gasteiger partial charge in [0.05, 0.1) is 0 Å². The molecule has 0 aliphatic rings. The zero-order chi connectivity index (χ0) is 38.7. The summed E-state index contributed by atoms with van der Waals surface area (Å²) in [5.74, 6) is 0. The molecule has 1 radical (unpaired) electrons. The van der Waals surface area contributed by atoms with E-state index in [1.807, 2.05) is 0 Å². The molecule has 0 N–H and O–H groups in total. The van der Waals surface area contributed by atoms with Gasteiger partial charge >= 0.3 is 0 Å². The van der Waals surface area contributed by atoms with Gasteiger partial charge in [-0.2, -0.15) is 0 Å². The molecule has 0 unspecified atom stereocenters. The molecular formula is C54H45CuP3. The molecule has 9 aromatic rings. The van der Waals surface area contributed by atoms with Crippen molar-refractivity contribution in [3.8, 4) is 0 Å². The predicted molar refractivity (Wildman–Crippen MR) is 255 cm³/mol. The van der Waals surface area contributed by atoms with E-state index in [9.17, 15) is 0 Å². The first-order valence-corrected chi connectivity index (χ1v) is 23.2. The first kappa shape index (κ1) is 42.4. The van der Waals surface area contributed by atoms with E-state index in [0.717, 1.165) is 0 Å². The molecule has 0 aliphatic heterocycles. The van der Waals surface area contributed by atoms with E-state index >= 15 is 0 Å². The quantitative estimate of drug-likeness (QED) is 0.100.